The van der Waals surface area contributed by atoms with Crippen molar-refractivity contribution in [3.63, 3.8) is 0 Å². The van der Waals surface area contributed by atoms with Crippen molar-refractivity contribution in [3.05, 3.63) is 89.2 Å². The Morgan fingerprint density at radius 2 is 1.28 bits per heavy atom. The number of aromatic carboxylic acids is 1. The van der Waals surface area contributed by atoms with Crippen LogP contribution in [0.2, 0.25) is 0 Å². The molecule has 0 bridgehead atoms. The highest BCUT2D eigenvalue weighted by molar-refractivity contribution is 5.96. The summed E-state index contributed by atoms with van der Waals surface area (Å²) in [5, 5.41) is 19.8. The Morgan fingerprint density at radius 1 is 0.767 bits per heavy atom. The number of hydrogen-bond donors (Lipinski definition) is 3. The van der Waals surface area contributed by atoms with E-state index < -0.39 is 11.9 Å². The fourth-order valence-corrected chi connectivity index (χ4v) is 5.93. The summed E-state index contributed by atoms with van der Waals surface area (Å²) in [5.74, 6) is -2.10. The molecule has 0 aliphatic heterocycles. The van der Waals surface area contributed by atoms with Gasteiger partial charge in [0.1, 0.15) is 12.2 Å². The monoisotopic (exact) mass is 588 g/mol. The van der Waals surface area contributed by atoms with Crippen LogP contribution in [0, 0.1) is 0 Å². The Balaban J connectivity index is 1.22. The van der Waals surface area contributed by atoms with E-state index in [1.165, 1.54) is 10.7 Å². The van der Waals surface area contributed by atoms with Crippen molar-refractivity contribution >= 4 is 17.8 Å². The molecule has 3 N–H and O–H groups in total. The van der Waals surface area contributed by atoms with Crippen molar-refractivity contribution < 1.29 is 29.0 Å². The largest absolute Gasteiger partial charge is 0.476 e. The minimum absolute atomic E-state index is 0.0282. The number of hydrogen-bond acceptors (Lipinski definition) is 6. The maximum absolute atomic E-state index is 13.5. The second kappa shape index (κ2) is 14.9. The highest BCUT2D eigenvalue weighted by Gasteiger charge is 2.31. The van der Waals surface area contributed by atoms with Crippen molar-refractivity contribution in [1.82, 2.24) is 20.4 Å². The number of aromatic nitrogens is 2. The lowest BCUT2D eigenvalue weighted by Gasteiger charge is -2.32. The van der Waals surface area contributed by atoms with Gasteiger partial charge < -0.3 is 25.2 Å². The Kier molecular flexibility index (Phi) is 10.6. The molecule has 0 unspecified atom stereocenters. The molecule has 0 radical (unpaired) electrons. The van der Waals surface area contributed by atoms with E-state index >= 15 is 0 Å². The van der Waals surface area contributed by atoms with Gasteiger partial charge in [-0.15, -0.1) is 0 Å². The van der Waals surface area contributed by atoms with Crippen LogP contribution in [0.5, 0.6) is 0 Å². The molecule has 0 saturated heterocycles. The van der Waals surface area contributed by atoms with Crippen LogP contribution in [-0.4, -0.2) is 57.0 Å². The van der Waals surface area contributed by atoms with Crippen LogP contribution in [-0.2, 0) is 34.0 Å². The maximum Gasteiger partial charge on any atom is 0.356 e. The van der Waals surface area contributed by atoms with Gasteiger partial charge >= 0.3 is 5.97 Å². The Morgan fingerprint density at radius 3 is 1.81 bits per heavy atom. The fourth-order valence-electron chi connectivity index (χ4n) is 5.93. The van der Waals surface area contributed by atoms with Gasteiger partial charge in [-0.25, -0.2) is 9.48 Å². The van der Waals surface area contributed by atoms with Crippen LogP contribution in [0.3, 0.4) is 0 Å². The summed E-state index contributed by atoms with van der Waals surface area (Å²) >= 11 is 0. The SMILES string of the molecule is O=C(Cn1nc(C(=O)O)cc1C(=O)N[C@H]1CCCC[C@@H]1OCc1ccccc1)N[C@H]1CCCC[C@H]1OCc1ccccc1. The average Bonchev–Trinajstić information content (AvgIpc) is 3.45. The van der Waals surface area contributed by atoms with Gasteiger partial charge in [-0.2, -0.15) is 5.10 Å². The number of carbonyl (C=O) groups is 3. The van der Waals surface area contributed by atoms with Crippen LogP contribution >= 0.6 is 0 Å². The molecule has 0 spiro atoms. The number of nitrogens with zero attached hydrogens (tertiary/aromatic N) is 2. The fraction of sp³-hybridized carbons (Fsp3) is 0.455. The third kappa shape index (κ3) is 8.52. The number of nitrogens with one attached hydrogen (secondary N) is 2. The predicted molar refractivity (Wildman–Crippen MR) is 159 cm³/mol. The second-order valence-electron chi connectivity index (χ2n) is 11.4. The lowest BCUT2D eigenvalue weighted by Crippen LogP contribution is -2.48. The molecule has 1 heterocycles. The molecule has 10 nitrogen and oxygen atoms in total. The molecule has 5 rings (SSSR count). The zero-order valence-corrected chi connectivity index (χ0v) is 24.3. The second-order valence-corrected chi connectivity index (χ2v) is 11.4. The minimum Gasteiger partial charge on any atom is -0.476 e. The van der Waals surface area contributed by atoms with Gasteiger partial charge in [0, 0.05) is 6.07 Å². The summed E-state index contributed by atoms with van der Waals surface area (Å²) < 4.78 is 13.6. The molecule has 2 aromatic carbocycles. The first kappa shape index (κ1) is 30.4. The van der Waals surface area contributed by atoms with E-state index in [1.807, 2.05) is 60.7 Å². The van der Waals surface area contributed by atoms with E-state index in [0.717, 1.165) is 62.5 Å². The molecule has 3 aromatic rings. The number of ether oxygens (including phenoxy) is 2. The van der Waals surface area contributed by atoms with Gasteiger partial charge in [-0.3, -0.25) is 9.59 Å². The number of benzene rings is 2. The Labute approximate surface area is 251 Å². The predicted octanol–water partition coefficient (Wildman–Crippen LogP) is 4.48. The first-order valence-corrected chi connectivity index (χ1v) is 15.2. The molecule has 228 valence electrons. The normalized spacial score (nSPS) is 22.0. The van der Waals surface area contributed by atoms with E-state index in [-0.39, 0.29) is 48.1 Å². The van der Waals surface area contributed by atoms with Crippen LogP contribution in [0.25, 0.3) is 0 Å². The van der Waals surface area contributed by atoms with E-state index in [1.54, 1.807) is 0 Å². The van der Waals surface area contributed by atoms with E-state index in [0.29, 0.717) is 13.2 Å². The molecule has 2 aliphatic carbocycles. The molecule has 4 atom stereocenters. The summed E-state index contributed by atoms with van der Waals surface area (Å²) in [6.45, 7) is 0.619. The number of amides is 2. The van der Waals surface area contributed by atoms with Gasteiger partial charge in [-0.1, -0.05) is 86.3 Å². The van der Waals surface area contributed by atoms with E-state index in [9.17, 15) is 19.5 Å². The lowest BCUT2D eigenvalue weighted by molar-refractivity contribution is -0.124. The van der Waals surface area contributed by atoms with Crippen molar-refractivity contribution in [2.24, 2.45) is 0 Å². The van der Waals surface area contributed by atoms with E-state index in [2.05, 4.69) is 15.7 Å². The van der Waals surface area contributed by atoms with Gasteiger partial charge in [0.05, 0.1) is 37.5 Å². The highest BCUT2D eigenvalue weighted by Crippen LogP contribution is 2.24. The van der Waals surface area contributed by atoms with Gasteiger partial charge in [-0.05, 0) is 36.8 Å². The third-order valence-corrected chi connectivity index (χ3v) is 8.21. The van der Waals surface area contributed by atoms with Crippen molar-refractivity contribution in [1.29, 1.82) is 0 Å². The number of rotatable bonds is 12. The highest BCUT2D eigenvalue weighted by atomic mass is 16.5. The third-order valence-electron chi connectivity index (χ3n) is 8.21. The smallest absolute Gasteiger partial charge is 0.356 e. The molecular formula is C33H40N4O6. The summed E-state index contributed by atoms with van der Waals surface area (Å²) in [7, 11) is 0. The molecule has 2 saturated carbocycles. The van der Waals surface area contributed by atoms with Crippen LogP contribution in [0.4, 0.5) is 0 Å². The van der Waals surface area contributed by atoms with Gasteiger partial charge in [0.2, 0.25) is 5.91 Å². The molecule has 2 amide bonds. The molecule has 2 fully saturated rings. The Hall–Kier alpha value is -4.02. The van der Waals surface area contributed by atoms with Crippen LogP contribution in [0.15, 0.2) is 66.7 Å². The van der Waals surface area contributed by atoms with Gasteiger partial charge in [0.15, 0.2) is 5.69 Å². The quantitative estimate of drug-likeness (QED) is 0.284. The molecule has 2 aliphatic rings. The molecular weight excluding hydrogens is 548 g/mol. The summed E-state index contributed by atoms with van der Waals surface area (Å²) in [4.78, 5) is 38.4. The number of carbonyl (C=O) groups excluding carboxylic acids is 2. The van der Waals surface area contributed by atoms with E-state index in [4.69, 9.17) is 9.47 Å². The number of carboxylic acids is 1. The summed E-state index contributed by atoms with van der Waals surface area (Å²) in [6, 6.07) is 20.6. The molecule has 43 heavy (non-hydrogen) atoms. The standard InChI is InChI=1S/C33H40N4O6/c38-31(34-25-15-7-9-17-29(25)42-21-23-11-3-1-4-12-23)20-37-28(19-27(36-37)33(40)41)32(39)35-26-16-8-10-18-30(26)43-22-24-13-5-2-6-14-24/h1-6,11-14,19,25-26,29-30H,7-10,15-18,20-22H2,(H,34,38)(H,35,39)(H,40,41)/t25-,26-,29+,30-/m0/s1. The summed E-state index contributed by atoms with van der Waals surface area (Å²) in [5.41, 5.74) is 1.86. The Bertz CT molecular complexity index is 1360. The maximum atomic E-state index is 13.5. The van der Waals surface area contributed by atoms with Crippen molar-refractivity contribution in [2.45, 2.75) is 95.4 Å². The first-order valence-electron chi connectivity index (χ1n) is 15.2. The van der Waals surface area contributed by atoms with Gasteiger partial charge in [0.25, 0.3) is 5.91 Å². The van der Waals surface area contributed by atoms with Crippen LogP contribution in [0.1, 0.15) is 83.5 Å². The lowest BCUT2D eigenvalue weighted by atomic mass is 9.92. The average molecular weight is 589 g/mol. The zero-order chi connectivity index (χ0) is 30.0. The first-order chi connectivity index (χ1) is 21.0. The van der Waals surface area contributed by atoms with Crippen LogP contribution < -0.4 is 10.6 Å². The minimum atomic E-state index is -1.27. The zero-order valence-electron chi connectivity index (χ0n) is 24.3. The van der Waals surface area contributed by atoms with Crippen molar-refractivity contribution in [2.75, 3.05) is 0 Å². The molecule has 10 heteroatoms. The number of carboxylic acid groups (broad SMARTS) is 1. The summed E-state index contributed by atoms with van der Waals surface area (Å²) in [6.07, 6.45) is 6.83. The molecule has 1 aromatic heterocycles. The topological polar surface area (TPSA) is 132 Å². The van der Waals surface area contributed by atoms with Crippen molar-refractivity contribution in [3.8, 4) is 0 Å².